The van der Waals surface area contributed by atoms with Crippen molar-refractivity contribution in [3.8, 4) is 11.4 Å². The minimum Gasteiger partial charge on any atom is -0.493 e. The van der Waals surface area contributed by atoms with E-state index in [4.69, 9.17) is 9.84 Å². The van der Waals surface area contributed by atoms with E-state index in [2.05, 4.69) is 10.1 Å². The molecule has 2 N–H and O–H groups in total. The van der Waals surface area contributed by atoms with Gasteiger partial charge in [-0.15, -0.1) is 5.10 Å². The van der Waals surface area contributed by atoms with Crippen molar-refractivity contribution < 1.29 is 14.6 Å². The zero-order chi connectivity index (χ0) is 14.7. The van der Waals surface area contributed by atoms with Crippen molar-refractivity contribution in [1.29, 1.82) is 0 Å². The molecule has 0 spiro atoms. The number of hydrogen-bond donors (Lipinski definition) is 2. The number of aromatic nitrogens is 3. The zero-order valence-corrected chi connectivity index (χ0v) is 11.2. The lowest BCUT2D eigenvalue weighted by molar-refractivity contribution is 0.0683. The largest absolute Gasteiger partial charge is 0.493 e. The average Bonchev–Trinajstić information content (AvgIpc) is 2.79. The van der Waals surface area contributed by atoms with Crippen molar-refractivity contribution in [3.05, 3.63) is 40.6 Å². The summed E-state index contributed by atoms with van der Waals surface area (Å²) in [7, 11) is 0. The zero-order valence-electron chi connectivity index (χ0n) is 11.2. The number of carbonyl (C=O) groups is 1. The Morgan fingerprint density at radius 1 is 1.40 bits per heavy atom. The van der Waals surface area contributed by atoms with Crippen molar-refractivity contribution >= 4 is 5.97 Å². The fourth-order valence-electron chi connectivity index (χ4n) is 1.54. The second kappa shape index (κ2) is 5.60. The number of aromatic amines is 1. The first-order valence-corrected chi connectivity index (χ1v) is 6.13. The van der Waals surface area contributed by atoms with Gasteiger partial charge in [-0.2, -0.15) is 4.68 Å². The van der Waals surface area contributed by atoms with Gasteiger partial charge in [0.15, 0.2) is 0 Å². The Morgan fingerprint density at radius 2 is 2.05 bits per heavy atom. The molecule has 106 valence electrons. The first-order valence-electron chi connectivity index (χ1n) is 6.13. The number of aromatic carboxylic acids is 1. The highest BCUT2D eigenvalue weighted by molar-refractivity contribution is 5.82. The van der Waals surface area contributed by atoms with Crippen LogP contribution < -0.4 is 10.4 Å². The van der Waals surface area contributed by atoms with E-state index in [9.17, 15) is 9.59 Å². The van der Waals surface area contributed by atoms with Crippen LogP contribution in [-0.4, -0.2) is 32.4 Å². The lowest BCUT2D eigenvalue weighted by Crippen LogP contribution is -2.15. The van der Waals surface area contributed by atoms with E-state index in [-0.39, 0.29) is 0 Å². The molecule has 0 amide bonds. The summed E-state index contributed by atoms with van der Waals surface area (Å²) < 4.78 is 6.52. The predicted octanol–water partition coefficient (Wildman–Crippen LogP) is 1.29. The molecule has 0 radical (unpaired) electrons. The molecule has 2 aromatic rings. The van der Waals surface area contributed by atoms with Crippen LogP contribution in [0.5, 0.6) is 5.75 Å². The Balaban J connectivity index is 2.21. The number of nitrogens with one attached hydrogen (secondary N) is 1. The number of nitrogens with zero attached hydrogens (tertiary/aromatic N) is 2. The summed E-state index contributed by atoms with van der Waals surface area (Å²) in [5, 5.41) is 12.5. The molecule has 7 heteroatoms. The summed E-state index contributed by atoms with van der Waals surface area (Å²) >= 11 is 0. The molecule has 0 aliphatic rings. The average molecular weight is 277 g/mol. The van der Waals surface area contributed by atoms with Crippen molar-refractivity contribution in [2.75, 3.05) is 6.61 Å². The van der Waals surface area contributed by atoms with E-state index in [1.54, 1.807) is 24.3 Å². The second-order valence-electron chi connectivity index (χ2n) is 4.69. The molecule has 0 atom stereocenters. The van der Waals surface area contributed by atoms with Gasteiger partial charge in [-0.3, -0.25) is 4.98 Å². The van der Waals surface area contributed by atoms with Gasteiger partial charge in [0.05, 0.1) is 12.3 Å². The van der Waals surface area contributed by atoms with Crippen LogP contribution in [0.15, 0.2) is 29.1 Å². The number of H-pyrrole nitrogens is 1. The molecule has 0 fully saturated rings. The highest BCUT2D eigenvalue weighted by Gasteiger charge is 2.12. The maximum absolute atomic E-state index is 11.6. The minimum absolute atomic E-state index is 0.393. The third-order valence-corrected chi connectivity index (χ3v) is 2.48. The van der Waals surface area contributed by atoms with Crippen LogP contribution in [0.3, 0.4) is 0 Å². The van der Waals surface area contributed by atoms with E-state index in [0.717, 1.165) is 4.68 Å². The lowest BCUT2D eigenvalue weighted by atomic mass is 10.2. The van der Waals surface area contributed by atoms with E-state index in [1.165, 1.54) is 0 Å². The third kappa shape index (κ3) is 3.05. The fourth-order valence-corrected chi connectivity index (χ4v) is 1.54. The summed E-state index contributed by atoms with van der Waals surface area (Å²) in [5.41, 5.74) is -0.131. The molecule has 0 bridgehead atoms. The summed E-state index contributed by atoms with van der Waals surface area (Å²) in [6.07, 6.45) is 0. The lowest BCUT2D eigenvalue weighted by Gasteiger charge is -2.08. The summed E-state index contributed by atoms with van der Waals surface area (Å²) in [6, 6.07) is 6.70. The molecule has 1 heterocycles. The fraction of sp³-hybridized carbons (Fsp3) is 0.308. The van der Waals surface area contributed by atoms with Crippen LogP contribution in [0.1, 0.15) is 24.5 Å². The van der Waals surface area contributed by atoms with Crippen LogP contribution in [0.4, 0.5) is 0 Å². The first kappa shape index (κ1) is 13.9. The Bertz CT molecular complexity index is 655. The molecule has 20 heavy (non-hydrogen) atoms. The smallest absolute Gasteiger partial charge is 0.373 e. The van der Waals surface area contributed by atoms with E-state index in [0.29, 0.717) is 24.0 Å². The van der Waals surface area contributed by atoms with Crippen LogP contribution in [0.25, 0.3) is 5.69 Å². The molecule has 0 unspecified atom stereocenters. The third-order valence-electron chi connectivity index (χ3n) is 2.48. The highest BCUT2D eigenvalue weighted by atomic mass is 16.5. The molecule has 2 rings (SSSR count). The van der Waals surface area contributed by atoms with Crippen molar-refractivity contribution in [1.82, 2.24) is 14.8 Å². The normalized spacial score (nSPS) is 10.8. The number of benzene rings is 1. The summed E-state index contributed by atoms with van der Waals surface area (Å²) in [6.45, 7) is 4.70. The highest BCUT2D eigenvalue weighted by Crippen LogP contribution is 2.14. The van der Waals surface area contributed by atoms with Crippen molar-refractivity contribution in [2.45, 2.75) is 13.8 Å². The molecule has 0 saturated heterocycles. The van der Waals surface area contributed by atoms with Crippen LogP contribution in [0.2, 0.25) is 0 Å². The van der Waals surface area contributed by atoms with E-state index < -0.39 is 17.5 Å². The number of carboxylic acids is 1. The number of carboxylic acid groups (broad SMARTS) is 1. The van der Waals surface area contributed by atoms with Gasteiger partial charge in [0.2, 0.25) is 5.82 Å². The SMILES string of the molecule is CC(C)COc1ccc(-n2nc(C(=O)O)[nH]c2=O)cc1. The summed E-state index contributed by atoms with van der Waals surface area (Å²) in [5.74, 6) is -0.570. The molecular weight excluding hydrogens is 262 g/mol. The van der Waals surface area contributed by atoms with Crippen molar-refractivity contribution in [2.24, 2.45) is 5.92 Å². The minimum atomic E-state index is -1.28. The number of rotatable bonds is 5. The van der Waals surface area contributed by atoms with Gasteiger partial charge in [-0.1, -0.05) is 13.8 Å². The van der Waals surface area contributed by atoms with Gasteiger partial charge in [0.1, 0.15) is 5.75 Å². The van der Waals surface area contributed by atoms with Gasteiger partial charge >= 0.3 is 11.7 Å². The Hall–Kier alpha value is -2.57. The van der Waals surface area contributed by atoms with Gasteiger partial charge in [-0.05, 0) is 30.2 Å². The molecule has 7 nitrogen and oxygen atoms in total. The Morgan fingerprint density at radius 3 is 2.55 bits per heavy atom. The van der Waals surface area contributed by atoms with Gasteiger partial charge in [-0.25, -0.2) is 9.59 Å². The molecule has 1 aromatic carbocycles. The van der Waals surface area contributed by atoms with Gasteiger partial charge in [0.25, 0.3) is 0 Å². The predicted molar refractivity (Wildman–Crippen MR) is 71.5 cm³/mol. The Kier molecular flexibility index (Phi) is 3.88. The number of hydrogen-bond acceptors (Lipinski definition) is 4. The van der Waals surface area contributed by atoms with Crippen LogP contribution in [-0.2, 0) is 0 Å². The topological polar surface area (TPSA) is 97.2 Å². The maximum Gasteiger partial charge on any atom is 0.373 e. The van der Waals surface area contributed by atoms with Crippen LogP contribution in [0, 0.1) is 5.92 Å². The quantitative estimate of drug-likeness (QED) is 0.858. The van der Waals surface area contributed by atoms with E-state index in [1.807, 2.05) is 13.8 Å². The maximum atomic E-state index is 11.6. The van der Waals surface area contributed by atoms with Crippen molar-refractivity contribution in [3.63, 3.8) is 0 Å². The molecule has 0 aliphatic carbocycles. The number of ether oxygens (including phenoxy) is 1. The van der Waals surface area contributed by atoms with Gasteiger partial charge < -0.3 is 9.84 Å². The summed E-state index contributed by atoms with van der Waals surface area (Å²) in [4.78, 5) is 24.5. The monoisotopic (exact) mass is 277 g/mol. The second-order valence-corrected chi connectivity index (χ2v) is 4.69. The van der Waals surface area contributed by atoms with Crippen LogP contribution >= 0.6 is 0 Å². The Labute approximate surface area is 114 Å². The molecule has 1 aromatic heterocycles. The molecule has 0 aliphatic heterocycles. The first-order chi connectivity index (χ1) is 9.47. The molecule has 0 saturated carbocycles. The van der Waals surface area contributed by atoms with E-state index >= 15 is 0 Å². The molecular formula is C13H15N3O4. The standard InChI is InChI=1S/C13H15N3O4/c1-8(2)7-20-10-5-3-9(4-6-10)16-13(19)14-11(15-16)12(17)18/h3-6,8H,7H2,1-2H3,(H,17,18)(H,14,15,19). The van der Waals surface area contributed by atoms with Gasteiger partial charge in [0, 0.05) is 0 Å².